The van der Waals surface area contributed by atoms with Gasteiger partial charge in [0.25, 0.3) is 0 Å². The third kappa shape index (κ3) is 5.37. The number of rotatable bonds is 7. The van der Waals surface area contributed by atoms with E-state index in [1.165, 1.54) is 12.1 Å². The minimum atomic E-state index is -0.387. The number of aliphatic hydroxyl groups is 1. The van der Waals surface area contributed by atoms with Gasteiger partial charge in [-0.15, -0.1) is 0 Å². The van der Waals surface area contributed by atoms with Gasteiger partial charge in [0.05, 0.1) is 24.0 Å². The first-order valence-electron chi connectivity index (χ1n) is 7.58. The summed E-state index contributed by atoms with van der Waals surface area (Å²) in [5, 5.41) is 19.1. The Kier molecular flexibility index (Phi) is 6.10. The van der Waals surface area contributed by atoms with E-state index in [9.17, 15) is 14.3 Å². The van der Waals surface area contributed by atoms with Crippen molar-refractivity contribution >= 4 is 6.03 Å². The summed E-state index contributed by atoms with van der Waals surface area (Å²) in [6.45, 7) is 2.60. The summed E-state index contributed by atoms with van der Waals surface area (Å²) in [7, 11) is 0. The van der Waals surface area contributed by atoms with Gasteiger partial charge in [-0.05, 0) is 43.2 Å². The largest absolute Gasteiger partial charge is 0.393 e. The van der Waals surface area contributed by atoms with Gasteiger partial charge in [-0.1, -0.05) is 6.92 Å². The summed E-state index contributed by atoms with van der Waals surface area (Å²) < 4.78 is 14.5. The van der Waals surface area contributed by atoms with Crippen molar-refractivity contribution in [2.75, 3.05) is 6.54 Å². The number of hydrogen-bond donors (Lipinski definition) is 3. The third-order valence-corrected chi connectivity index (χ3v) is 3.40. The van der Waals surface area contributed by atoms with E-state index in [-0.39, 0.29) is 24.5 Å². The number of halogens is 1. The highest BCUT2D eigenvalue weighted by Crippen LogP contribution is 2.08. The van der Waals surface area contributed by atoms with Crippen molar-refractivity contribution < 1.29 is 14.3 Å². The number of amides is 2. The number of aromatic nitrogens is 2. The first kappa shape index (κ1) is 17.0. The van der Waals surface area contributed by atoms with Crippen molar-refractivity contribution in [3.8, 4) is 5.69 Å². The molecule has 2 rings (SSSR count). The molecule has 23 heavy (non-hydrogen) atoms. The Morgan fingerprint density at radius 3 is 2.74 bits per heavy atom. The highest BCUT2D eigenvalue weighted by Gasteiger charge is 2.05. The van der Waals surface area contributed by atoms with Crippen molar-refractivity contribution in [1.29, 1.82) is 0 Å². The van der Waals surface area contributed by atoms with Crippen LogP contribution in [0.4, 0.5) is 9.18 Å². The molecule has 1 atom stereocenters. The fourth-order valence-corrected chi connectivity index (χ4v) is 1.98. The lowest BCUT2D eigenvalue weighted by Gasteiger charge is -2.09. The van der Waals surface area contributed by atoms with E-state index in [4.69, 9.17) is 0 Å². The van der Waals surface area contributed by atoms with Crippen molar-refractivity contribution in [3.63, 3.8) is 0 Å². The second kappa shape index (κ2) is 8.28. The first-order chi connectivity index (χ1) is 11.1. The van der Waals surface area contributed by atoms with E-state index in [0.29, 0.717) is 25.1 Å². The lowest BCUT2D eigenvalue weighted by Crippen LogP contribution is -2.36. The quantitative estimate of drug-likeness (QED) is 0.730. The van der Waals surface area contributed by atoms with Crippen LogP contribution in [-0.2, 0) is 6.54 Å². The maximum absolute atomic E-state index is 12.9. The Morgan fingerprint density at radius 1 is 1.30 bits per heavy atom. The van der Waals surface area contributed by atoms with E-state index in [0.717, 1.165) is 5.69 Å². The molecule has 6 nitrogen and oxygen atoms in total. The zero-order valence-electron chi connectivity index (χ0n) is 13.0. The molecule has 0 saturated heterocycles. The molecule has 0 fully saturated rings. The van der Waals surface area contributed by atoms with E-state index >= 15 is 0 Å². The molecule has 0 spiro atoms. The lowest BCUT2D eigenvalue weighted by atomic mass is 10.2. The Hall–Kier alpha value is -2.41. The molecule has 0 aliphatic rings. The molecule has 1 unspecified atom stereocenters. The molecule has 1 aromatic heterocycles. The van der Waals surface area contributed by atoms with Crippen LogP contribution in [0.25, 0.3) is 5.69 Å². The molecule has 0 saturated carbocycles. The molecule has 0 aliphatic heterocycles. The average molecular weight is 320 g/mol. The van der Waals surface area contributed by atoms with Gasteiger partial charge in [0, 0.05) is 12.7 Å². The standard InChI is InChI=1S/C16H21FN4O2/c1-2-15(22)7-9-18-16(23)19-11-13-8-10-21(20-13)14-5-3-12(17)4-6-14/h3-6,8,10,15,22H,2,7,9,11H2,1H3,(H2,18,19,23). The molecule has 0 aliphatic carbocycles. The first-order valence-corrected chi connectivity index (χ1v) is 7.58. The van der Waals surface area contributed by atoms with Crippen LogP contribution in [0.2, 0.25) is 0 Å². The number of carbonyl (C=O) groups excluding carboxylic acids is 1. The van der Waals surface area contributed by atoms with E-state index in [1.54, 1.807) is 29.1 Å². The van der Waals surface area contributed by atoms with Crippen LogP contribution >= 0.6 is 0 Å². The zero-order valence-corrected chi connectivity index (χ0v) is 13.0. The number of aliphatic hydroxyl groups excluding tert-OH is 1. The van der Waals surface area contributed by atoms with Crippen molar-refractivity contribution in [2.24, 2.45) is 0 Å². The summed E-state index contributed by atoms with van der Waals surface area (Å²) in [5.41, 5.74) is 1.44. The highest BCUT2D eigenvalue weighted by atomic mass is 19.1. The van der Waals surface area contributed by atoms with Gasteiger partial charge >= 0.3 is 6.03 Å². The molecule has 3 N–H and O–H groups in total. The minimum absolute atomic E-state index is 0.288. The lowest BCUT2D eigenvalue weighted by molar-refractivity contribution is 0.160. The number of carbonyl (C=O) groups is 1. The van der Waals surface area contributed by atoms with Gasteiger partial charge in [0.2, 0.25) is 0 Å². The zero-order chi connectivity index (χ0) is 16.7. The molecule has 2 amide bonds. The maximum Gasteiger partial charge on any atom is 0.315 e. The molecule has 1 aromatic carbocycles. The second-order valence-corrected chi connectivity index (χ2v) is 5.19. The van der Waals surface area contributed by atoms with Gasteiger partial charge in [-0.25, -0.2) is 13.9 Å². The minimum Gasteiger partial charge on any atom is -0.393 e. The summed E-state index contributed by atoms with van der Waals surface area (Å²) in [6.07, 6.45) is 2.56. The summed E-state index contributed by atoms with van der Waals surface area (Å²) in [4.78, 5) is 11.6. The highest BCUT2D eigenvalue weighted by molar-refractivity contribution is 5.73. The molecular weight excluding hydrogens is 299 g/mol. The van der Waals surface area contributed by atoms with Crippen LogP contribution in [-0.4, -0.2) is 33.6 Å². The number of hydrogen-bond acceptors (Lipinski definition) is 3. The number of urea groups is 1. The Bertz CT molecular complexity index is 627. The monoisotopic (exact) mass is 320 g/mol. The van der Waals surface area contributed by atoms with Crippen molar-refractivity contribution in [1.82, 2.24) is 20.4 Å². The van der Waals surface area contributed by atoms with E-state index in [2.05, 4.69) is 15.7 Å². The predicted octanol–water partition coefficient (Wildman–Crippen LogP) is 1.97. The molecule has 0 bridgehead atoms. The average Bonchev–Trinajstić information content (AvgIpc) is 3.02. The molecular formula is C16H21FN4O2. The molecule has 2 aromatic rings. The molecule has 7 heteroatoms. The summed E-state index contributed by atoms with van der Waals surface area (Å²) in [6, 6.07) is 7.48. The predicted molar refractivity (Wildman–Crippen MR) is 84.7 cm³/mol. The van der Waals surface area contributed by atoms with Gasteiger partial charge in [-0.2, -0.15) is 5.10 Å². The number of nitrogens with zero attached hydrogens (tertiary/aromatic N) is 2. The van der Waals surface area contributed by atoms with Gasteiger partial charge in [0.15, 0.2) is 0 Å². The van der Waals surface area contributed by atoms with Crippen LogP contribution in [0.15, 0.2) is 36.5 Å². The van der Waals surface area contributed by atoms with Crippen molar-refractivity contribution in [3.05, 3.63) is 48.0 Å². The fourth-order valence-electron chi connectivity index (χ4n) is 1.98. The summed E-state index contributed by atoms with van der Waals surface area (Å²) in [5.74, 6) is -0.298. The topological polar surface area (TPSA) is 79.2 Å². The van der Waals surface area contributed by atoms with Gasteiger partial charge < -0.3 is 15.7 Å². The summed E-state index contributed by atoms with van der Waals surface area (Å²) >= 11 is 0. The van der Waals surface area contributed by atoms with E-state index < -0.39 is 0 Å². The second-order valence-electron chi connectivity index (χ2n) is 5.19. The number of nitrogens with one attached hydrogen (secondary N) is 2. The van der Waals surface area contributed by atoms with Gasteiger partial charge in [-0.3, -0.25) is 0 Å². The Morgan fingerprint density at radius 2 is 2.04 bits per heavy atom. The molecule has 0 radical (unpaired) electrons. The normalized spacial score (nSPS) is 12.0. The van der Waals surface area contributed by atoms with Crippen LogP contribution in [0.1, 0.15) is 25.5 Å². The van der Waals surface area contributed by atoms with Crippen LogP contribution in [0.5, 0.6) is 0 Å². The van der Waals surface area contributed by atoms with Crippen molar-refractivity contribution in [2.45, 2.75) is 32.4 Å². The SMILES string of the molecule is CCC(O)CCNC(=O)NCc1ccn(-c2ccc(F)cc2)n1. The number of benzene rings is 1. The van der Waals surface area contributed by atoms with Crippen LogP contribution in [0.3, 0.4) is 0 Å². The molecule has 1 heterocycles. The van der Waals surface area contributed by atoms with Crippen LogP contribution < -0.4 is 10.6 Å². The Labute approximate surface area is 134 Å². The van der Waals surface area contributed by atoms with Crippen LogP contribution in [0, 0.1) is 5.82 Å². The Balaban J connectivity index is 1.78. The maximum atomic E-state index is 12.9. The third-order valence-electron chi connectivity index (χ3n) is 3.40. The van der Waals surface area contributed by atoms with Gasteiger partial charge in [0.1, 0.15) is 5.82 Å². The van der Waals surface area contributed by atoms with E-state index in [1.807, 2.05) is 6.92 Å². The molecule has 124 valence electrons. The fraction of sp³-hybridized carbons (Fsp3) is 0.375. The smallest absolute Gasteiger partial charge is 0.315 e.